The highest BCUT2D eigenvalue weighted by atomic mass is 32.2. The average Bonchev–Trinajstić information content (AvgIpc) is 3.31. The van der Waals surface area contributed by atoms with Crippen molar-refractivity contribution in [3.8, 4) is 5.75 Å². The maximum atomic E-state index is 12.6. The van der Waals surface area contributed by atoms with Gasteiger partial charge in [0.2, 0.25) is 0 Å². The smallest absolute Gasteiger partial charge is 0.410 e. The van der Waals surface area contributed by atoms with Gasteiger partial charge in [-0.1, -0.05) is 11.3 Å². The zero-order valence-corrected chi connectivity index (χ0v) is 16.1. The standard InChI is InChI=1S/C18H16N4O3S2/c1-2-22(15-8-7-13-16(21-15)27-17(26)20-13)18(23)24-12-5-3-11(4-6-12)14-9-10-19-25-14/h3-9,19H,2,10H2,1H3,(H,20,26). The molecule has 2 aromatic heterocycles. The molecule has 9 heteroatoms. The van der Waals surface area contributed by atoms with Crippen LogP contribution in [0.25, 0.3) is 16.1 Å². The summed E-state index contributed by atoms with van der Waals surface area (Å²) in [4.78, 5) is 28.9. The van der Waals surface area contributed by atoms with E-state index in [2.05, 4.69) is 28.1 Å². The van der Waals surface area contributed by atoms with Crippen molar-refractivity contribution in [2.75, 3.05) is 18.0 Å². The number of hydrogen-bond donors (Lipinski definition) is 2. The van der Waals surface area contributed by atoms with Gasteiger partial charge in [-0.05, 0) is 49.4 Å². The molecule has 7 nitrogen and oxygen atoms in total. The van der Waals surface area contributed by atoms with Crippen LogP contribution in [-0.2, 0) is 4.84 Å². The van der Waals surface area contributed by atoms with Gasteiger partial charge in [0.25, 0.3) is 0 Å². The lowest BCUT2D eigenvalue weighted by Gasteiger charge is -2.19. The topological polar surface area (TPSA) is 76.6 Å². The first-order valence-electron chi connectivity index (χ1n) is 8.30. The first-order chi connectivity index (χ1) is 13.1. The number of benzene rings is 1. The molecule has 1 amide bonds. The maximum Gasteiger partial charge on any atom is 0.420 e. The van der Waals surface area contributed by atoms with Crippen molar-refractivity contribution in [3.63, 3.8) is 0 Å². The Bertz CT molecular complexity index is 1020. The van der Waals surface area contributed by atoms with Gasteiger partial charge < -0.3 is 9.57 Å². The fourth-order valence-corrected chi connectivity index (χ4v) is 3.69. The predicted molar refractivity (Wildman–Crippen MR) is 107 cm³/mol. The molecule has 3 aromatic rings. The molecule has 0 saturated carbocycles. The van der Waals surface area contributed by atoms with Crippen LogP contribution in [0.1, 0.15) is 12.5 Å². The summed E-state index contributed by atoms with van der Waals surface area (Å²) in [6.07, 6.45) is 1.45. The van der Waals surface area contributed by atoms with Crippen LogP contribution in [0.3, 0.4) is 0 Å². The summed E-state index contributed by atoms with van der Waals surface area (Å²) in [6, 6.07) is 10.7. The molecule has 0 radical (unpaired) electrons. The van der Waals surface area contributed by atoms with Gasteiger partial charge in [0.1, 0.15) is 26.3 Å². The number of fused-ring (bicyclic) bond motifs is 1. The van der Waals surface area contributed by atoms with E-state index in [9.17, 15) is 4.79 Å². The van der Waals surface area contributed by atoms with E-state index in [1.54, 1.807) is 18.2 Å². The number of carbonyl (C=O) groups excluding carboxylic acids is 1. The molecular weight excluding hydrogens is 384 g/mol. The van der Waals surface area contributed by atoms with Gasteiger partial charge in [-0.15, -0.1) is 12.6 Å². The molecule has 0 spiro atoms. The summed E-state index contributed by atoms with van der Waals surface area (Å²) in [6.45, 7) is 2.96. The van der Waals surface area contributed by atoms with Crippen LogP contribution in [0, 0.1) is 0 Å². The van der Waals surface area contributed by atoms with Gasteiger partial charge in [-0.2, -0.15) is 5.48 Å². The molecule has 0 aliphatic carbocycles. The number of amides is 1. The minimum Gasteiger partial charge on any atom is -0.410 e. The van der Waals surface area contributed by atoms with Crippen molar-refractivity contribution in [1.29, 1.82) is 0 Å². The van der Waals surface area contributed by atoms with E-state index in [1.165, 1.54) is 16.2 Å². The Morgan fingerprint density at radius 3 is 2.81 bits per heavy atom. The second kappa shape index (κ2) is 7.55. The van der Waals surface area contributed by atoms with Crippen molar-refractivity contribution < 1.29 is 14.4 Å². The first kappa shape index (κ1) is 17.8. The number of aromatic nitrogens is 2. The lowest BCUT2D eigenvalue weighted by atomic mass is 10.2. The third kappa shape index (κ3) is 3.75. The maximum absolute atomic E-state index is 12.6. The Hall–Kier alpha value is -2.62. The molecular formula is C18H16N4O3S2. The number of anilines is 1. The fraction of sp³-hybridized carbons (Fsp3) is 0.167. The van der Waals surface area contributed by atoms with Crippen molar-refractivity contribution in [2.24, 2.45) is 0 Å². The number of thiol groups is 1. The second-order valence-electron chi connectivity index (χ2n) is 5.65. The van der Waals surface area contributed by atoms with Gasteiger partial charge in [0, 0.05) is 12.1 Å². The van der Waals surface area contributed by atoms with Gasteiger partial charge in [0.15, 0.2) is 5.76 Å². The Morgan fingerprint density at radius 1 is 1.30 bits per heavy atom. The average molecular weight is 400 g/mol. The molecule has 1 aliphatic rings. The van der Waals surface area contributed by atoms with Gasteiger partial charge in [-0.3, -0.25) is 4.90 Å². The van der Waals surface area contributed by atoms with Crippen molar-refractivity contribution >= 4 is 52.0 Å². The molecule has 0 bridgehead atoms. The molecule has 0 fully saturated rings. The van der Waals surface area contributed by atoms with E-state index < -0.39 is 6.09 Å². The summed E-state index contributed by atoms with van der Waals surface area (Å²) in [7, 11) is 0. The Kier molecular flexibility index (Phi) is 4.97. The Labute approximate surface area is 165 Å². The molecule has 3 heterocycles. The quantitative estimate of drug-likeness (QED) is 0.647. The highest BCUT2D eigenvalue weighted by Gasteiger charge is 2.19. The molecule has 1 N–H and O–H groups in total. The molecule has 1 aromatic carbocycles. The molecule has 27 heavy (non-hydrogen) atoms. The largest absolute Gasteiger partial charge is 0.420 e. The number of rotatable bonds is 4. The third-order valence-electron chi connectivity index (χ3n) is 3.94. The predicted octanol–water partition coefficient (Wildman–Crippen LogP) is 3.88. The zero-order chi connectivity index (χ0) is 18.8. The molecule has 0 unspecified atom stereocenters. The van der Waals surface area contributed by atoms with Crippen LogP contribution < -0.4 is 15.1 Å². The lowest BCUT2D eigenvalue weighted by Crippen LogP contribution is -2.34. The highest BCUT2D eigenvalue weighted by molar-refractivity contribution is 7.82. The number of hydroxylamine groups is 1. The normalized spacial score (nSPS) is 13.3. The summed E-state index contributed by atoms with van der Waals surface area (Å²) in [5.41, 5.74) is 4.44. The number of carbonyl (C=O) groups is 1. The highest BCUT2D eigenvalue weighted by Crippen LogP contribution is 2.26. The van der Waals surface area contributed by atoms with Gasteiger partial charge in [-0.25, -0.2) is 14.8 Å². The van der Waals surface area contributed by atoms with Gasteiger partial charge in [0.05, 0.1) is 6.54 Å². The monoisotopic (exact) mass is 400 g/mol. The number of thiazole rings is 1. The van der Waals surface area contributed by atoms with Crippen molar-refractivity contribution in [1.82, 2.24) is 15.4 Å². The van der Waals surface area contributed by atoms with E-state index in [4.69, 9.17) is 9.57 Å². The number of pyridine rings is 1. The Balaban J connectivity index is 1.51. The van der Waals surface area contributed by atoms with Crippen LogP contribution in [0.5, 0.6) is 5.75 Å². The first-order valence-corrected chi connectivity index (χ1v) is 9.56. The molecule has 4 rings (SSSR count). The fourth-order valence-electron chi connectivity index (χ4n) is 2.65. The van der Waals surface area contributed by atoms with Crippen LogP contribution in [-0.4, -0.2) is 29.2 Å². The van der Waals surface area contributed by atoms with Crippen LogP contribution in [0.15, 0.2) is 46.8 Å². The molecule has 0 saturated heterocycles. The van der Waals surface area contributed by atoms with E-state index in [1.807, 2.05) is 31.2 Å². The zero-order valence-electron chi connectivity index (χ0n) is 14.4. The summed E-state index contributed by atoms with van der Waals surface area (Å²) < 4.78 is 6.14. The van der Waals surface area contributed by atoms with E-state index in [0.29, 0.717) is 29.0 Å². The minimum absolute atomic E-state index is 0.425. The van der Waals surface area contributed by atoms with Crippen LogP contribution >= 0.6 is 24.0 Å². The van der Waals surface area contributed by atoms with Crippen LogP contribution in [0.4, 0.5) is 10.6 Å². The van der Waals surface area contributed by atoms with Crippen molar-refractivity contribution in [3.05, 3.63) is 48.0 Å². The van der Waals surface area contributed by atoms with Crippen molar-refractivity contribution in [2.45, 2.75) is 11.3 Å². The lowest BCUT2D eigenvalue weighted by molar-refractivity contribution is 0.191. The Morgan fingerprint density at radius 2 is 2.11 bits per heavy atom. The second-order valence-corrected chi connectivity index (χ2v) is 7.35. The SMILES string of the molecule is CCN(C(=O)Oc1ccc(C2=CCNO2)cc1)c1ccc2nc(S)sc2n1. The van der Waals surface area contributed by atoms with E-state index >= 15 is 0 Å². The summed E-state index contributed by atoms with van der Waals surface area (Å²) >= 11 is 5.61. The summed E-state index contributed by atoms with van der Waals surface area (Å²) in [5, 5.41) is 0. The third-order valence-corrected chi connectivity index (χ3v) is 5.08. The summed E-state index contributed by atoms with van der Waals surface area (Å²) in [5.74, 6) is 1.72. The number of ether oxygens (including phenoxy) is 1. The van der Waals surface area contributed by atoms with Crippen LogP contribution in [0.2, 0.25) is 0 Å². The number of nitrogens with one attached hydrogen (secondary N) is 1. The number of hydrogen-bond acceptors (Lipinski definition) is 8. The van der Waals surface area contributed by atoms with E-state index in [-0.39, 0.29) is 0 Å². The molecule has 0 atom stereocenters. The molecule has 138 valence electrons. The minimum atomic E-state index is -0.495. The number of nitrogens with zero attached hydrogens (tertiary/aromatic N) is 3. The molecule has 1 aliphatic heterocycles. The van der Waals surface area contributed by atoms with E-state index in [0.717, 1.165) is 21.7 Å². The van der Waals surface area contributed by atoms with Gasteiger partial charge >= 0.3 is 6.09 Å².